The van der Waals surface area contributed by atoms with Crippen LogP contribution in [-0.4, -0.2) is 24.4 Å². The fraction of sp³-hybridized carbons (Fsp3) is 0.467. The molecule has 0 radical (unpaired) electrons. The minimum atomic E-state index is -0.136. The van der Waals surface area contributed by atoms with Crippen LogP contribution in [0.15, 0.2) is 24.3 Å². The van der Waals surface area contributed by atoms with Crippen LogP contribution in [0.1, 0.15) is 26.7 Å². The molecule has 2 amide bonds. The Morgan fingerprint density at radius 2 is 1.95 bits per heavy atom. The van der Waals surface area contributed by atoms with Crippen molar-refractivity contribution in [1.82, 2.24) is 5.32 Å². The molecular weight excluding hydrogens is 254 g/mol. The van der Waals surface area contributed by atoms with E-state index in [2.05, 4.69) is 22.9 Å². The number of hydrogen-bond acceptors (Lipinski definition) is 3. The van der Waals surface area contributed by atoms with Crippen molar-refractivity contribution < 1.29 is 9.59 Å². The van der Waals surface area contributed by atoms with Crippen LogP contribution in [0.3, 0.4) is 0 Å². The van der Waals surface area contributed by atoms with Crippen molar-refractivity contribution in [1.29, 1.82) is 0 Å². The SMILES string of the molecule is CC(=O)Nc1cccc(NC(=O)C2CC(C)CCN2)c1. The maximum atomic E-state index is 12.2. The van der Waals surface area contributed by atoms with Crippen molar-refractivity contribution in [3.05, 3.63) is 24.3 Å². The third-order valence-corrected chi connectivity index (χ3v) is 3.43. The molecule has 1 heterocycles. The molecule has 1 saturated heterocycles. The molecule has 0 bridgehead atoms. The Hall–Kier alpha value is -1.88. The molecule has 1 fully saturated rings. The van der Waals surface area contributed by atoms with E-state index in [1.807, 2.05) is 6.07 Å². The van der Waals surface area contributed by atoms with Gasteiger partial charge in [0.1, 0.15) is 0 Å². The fourth-order valence-electron chi connectivity index (χ4n) is 2.41. The van der Waals surface area contributed by atoms with Gasteiger partial charge >= 0.3 is 0 Å². The zero-order chi connectivity index (χ0) is 14.5. The summed E-state index contributed by atoms with van der Waals surface area (Å²) in [6, 6.07) is 7.03. The van der Waals surface area contributed by atoms with Crippen molar-refractivity contribution in [2.24, 2.45) is 5.92 Å². The summed E-state index contributed by atoms with van der Waals surface area (Å²) >= 11 is 0. The average molecular weight is 275 g/mol. The van der Waals surface area contributed by atoms with E-state index in [-0.39, 0.29) is 17.9 Å². The second-order valence-electron chi connectivity index (χ2n) is 5.39. The van der Waals surface area contributed by atoms with Gasteiger partial charge in [-0.05, 0) is 43.5 Å². The van der Waals surface area contributed by atoms with Gasteiger partial charge < -0.3 is 16.0 Å². The highest BCUT2D eigenvalue weighted by Crippen LogP contribution is 2.18. The second-order valence-corrected chi connectivity index (χ2v) is 5.39. The van der Waals surface area contributed by atoms with Crippen molar-refractivity contribution in [3.8, 4) is 0 Å². The summed E-state index contributed by atoms with van der Waals surface area (Å²) in [6.07, 6.45) is 1.97. The van der Waals surface area contributed by atoms with Crippen LogP contribution in [0.5, 0.6) is 0 Å². The van der Waals surface area contributed by atoms with Gasteiger partial charge in [-0.25, -0.2) is 0 Å². The molecule has 0 aliphatic carbocycles. The number of anilines is 2. The first-order chi connectivity index (χ1) is 9.54. The number of piperidine rings is 1. The molecule has 2 atom stereocenters. The highest BCUT2D eigenvalue weighted by Gasteiger charge is 2.24. The minimum Gasteiger partial charge on any atom is -0.326 e. The van der Waals surface area contributed by atoms with Gasteiger partial charge in [0.2, 0.25) is 11.8 Å². The predicted molar refractivity (Wildman–Crippen MR) is 79.6 cm³/mol. The Balaban J connectivity index is 1.98. The first-order valence-electron chi connectivity index (χ1n) is 6.96. The van der Waals surface area contributed by atoms with Crippen molar-refractivity contribution in [2.45, 2.75) is 32.7 Å². The predicted octanol–water partition coefficient (Wildman–Crippen LogP) is 1.97. The van der Waals surface area contributed by atoms with Crippen molar-refractivity contribution >= 4 is 23.2 Å². The molecule has 20 heavy (non-hydrogen) atoms. The third-order valence-electron chi connectivity index (χ3n) is 3.43. The normalized spacial score (nSPS) is 22.1. The maximum Gasteiger partial charge on any atom is 0.241 e. The lowest BCUT2D eigenvalue weighted by Gasteiger charge is -2.27. The van der Waals surface area contributed by atoms with Gasteiger partial charge in [0.05, 0.1) is 6.04 Å². The highest BCUT2D eigenvalue weighted by molar-refractivity contribution is 5.96. The Bertz CT molecular complexity index is 502. The molecule has 108 valence electrons. The summed E-state index contributed by atoms with van der Waals surface area (Å²) in [5.41, 5.74) is 1.38. The summed E-state index contributed by atoms with van der Waals surface area (Å²) in [5, 5.41) is 8.83. The largest absolute Gasteiger partial charge is 0.326 e. The average Bonchev–Trinajstić information content (AvgIpc) is 2.38. The molecule has 1 aliphatic rings. The van der Waals surface area contributed by atoms with Gasteiger partial charge in [0.25, 0.3) is 0 Å². The quantitative estimate of drug-likeness (QED) is 0.790. The molecule has 0 saturated carbocycles. The summed E-state index contributed by atoms with van der Waals surface area (Å²) in [4.78, 5) is 23.2. The smallest absolute Gasteiger partial charge is 0.241 e. The van der Waals surface area contributed by atoms with Gasteiger partial charge in [-0.15, -0.1) is 0 Å². The number of nitrogens with one attached hydrogen (secondary N) is 3. The van der Waals surface area contributed by atoms with Gasteiger partial charge in [-0.3, -0.25) is 9.59 Å². The lowest BCUT2D eigenvalue weighted by atomic mass is 9.94. The lowest BCUT2D eigenvalue weighted by Crippen LogP contribution is -2.45. The number of benzene rings is 1. The second kappa shape index (κ2) is 6.52. The summed E-state index contributed by atoms with van der Waals surface area (Å²) in [5.74, 6) is 0.422. The summed E-state index contributed by atoms with van der Waals surface area (Å²) in [6.45, 7) is 4.50. The molecule has 0 spiro atoms. The molecule has 2 rings (SSSR count). The van der Waals surface area contributed by atoms with Crippen LogP contribution in [0.25, 0.3) is 0 Å². The molecule has 2 unspecified atom stereocenters. The van der Waals surface area contributed by atoms with Crippen LogP contribution in [-0.2, 0) is 9.59 Å². The highest BCUT2D eigenvalue weighted by atomic mass is 16.2. The molecule has 1 aromatic carbocycles. The zero-order valence-electron chi connectivity index (χ0n) is 11.9. The third kappa shape index (κ3) is 4.06. The minimum absolute atomic E-state index is 0.0171. The van der Waals surface area contributed by atoms with Crippen LogP contribution >= 0.6 is 0 Å². The molecule has 3 N–H and O–H groups in total. The van der Waals surface area contributed by atoms with Gasteiger partial charge in [-0.2, -0.15) is 0 Å². The Labute approximate surface area is 119 Å². The monoisotopic (exact) mass is 275 g/mol. The van der Waals surface area contributed by atoms with E-state index in [0.29, 0.717) is 17.3 Å². The molecule has 0 aromatic heterocycles. The Kier molecular flexibility index (Phi) is 4.74. The van der Waals surface area contributed by atoms with E-state index in [9.17, 15) is 9.59 Å². The van der Waals surface area contributed by atoms with Crippen LogP contribution in [0.4, 0.5) is 11.4 Å². The molecule has 5 nitrogen and oxygen atoms in total. The number of hydrogen-bond donors (Lipinski definition) is 3. The topological polar surface area (TPSA) is 70.2 Å². The molecule has 5 heteroatoms. The number of carbonyl (C=O) groups excluding carboxylic acids is 2. The fourth-order valence-corrected chi connectivity index (χ4v) is 2.41. The van der Waals surface area contributed by atoms with Gasteiger partial charge in [-0.1, -0.05) is 13.0 Å². The van der Waals surface area contributed by atoms with Crippen LogP contribution < -0.4 is 16.0 Å². The summed E-state index contributed by atoms with van der Waals surface area (Å²) < 4.78 is 0. The zero-order valence-corrected chi connectivity index (χ0v) is 11.9. The van der Waals surface area contributed by atoms with E-state index in [0.717, 1.165) is 19.4 Å². The standard InChI is InChI=1S/C15H21N3O2/c1-10-6-7-16-14(8-10)15(20)18-13-5-3-4-12(9-13)17-11(2)19/h3-5,9-10,14,16H,6-8H2,1-2H3,(H,17,19)(H,18,20). The number of amides is 2. The van der Waals surface area contributed by atoms with Crippen molar-refractivity contribution in [3.63, 3.8) is 0 Å². The maximum absolute atomic E-state index is 12.2. The van der Waals surface area contributed by atoms with E-state index < -0.39 is 0 Å². The van der Waals surface area contributed by atoms with E-state index in [4.69, 9.17) is 0 Å². The lowest BCUT2D eigenvalue weighted by molar-refractivity contribution is -0.119. The number of rotatable bonds is 3. The molecule has 1 aromatic rings. The van der Waals surface area contributed by atoms with Crippen molar-refractivity contribution in [2.75, 3.05) is 17.2 Å². The molecule has 1 aliphatic heterocycles. The van der Waals surface area contributed by atoms with Crippen LogP contribution in [0, 0.1) is 5.92 Å². The number of carbonyl (C=O) groups is 2. The van der Waals surface area contributed by atoms with Crippen LogP contribution in [0.2, 0.25) is 0 Å². The first-order valence-corrected chi connectivity index (χ1v) is 6.96. The summed E-state index contributed by atoms with van der Waals surface area (Å²) in [7, 11) is 0. The van der Waals surface area contributed by atoms with E-state index in [1.54, 1.807) is 18.2 Å². The van der Waals surface area contributed by atoms with E-state index in [1.165, 1.54) is 6.92 Å². The molecular formula is C15H21N3O2. The Morgan fingerprint density at radius 3 is 2.60 bits per heavy atom. The first kappa shape index (κ1) is 14.5. The van der Waals surface area contributed by atoms with Gasteiger partial charge in [0.15, 0.2) is 0 Å². The Morgan fingerprint density at radius 1 is 1.25 bits per heavy atom. The van der Waals surface area contributed by atoms with E-state index >= 15 is 0 Å². The van der Waals surface area contributed by atoms with Gasteiger partial charge in [0, 0.05) is 18.3 Å².